The minimum Gasteiger partial charge on any atom is -0.268 e. The Morgan fingerprint density at radius 2 is 1.45 bits per heavy atom. The smallest absolute Gasteiger partial charge is 0.268 e. The Morgan fingerprint density at radius 1 is 0.900 bits per heavy atom. The fraction of sp³-hybridized carbons (Fsp3) is 0. The maximum absolute atomic E-state index is 11.6. The molecule has 0 spiro atoms. The minimum absolute atomic E-state index is 0. The van der Waals surface area contributed by atoms with E-state index in [2.05, 4.69) is 4.98 Å². The molecule has 9 heteroatoms. The Labute approximate surface area is 135 Å². The summed E-state index contributed by atoms with van der Waals surface area (Å²) < 4.78 is 0. The Morgan fingerprint density at radius 3 is 1.85 bits per heavy atom. The third-order valence-electron chi connectivity index (χ3n) is 2.03. The van der Waals surface area contributed by atoms with E-state index in [0.29, 0.717) is 0 Å². The average molecular weight is 270 g/mol. The van der Waals surface area contributed by atoms with E-state index in [-0.39, 0.29) is 29.6 Å². The van der Waals surface area contributed by atoms with Crippen LogP contribution in [0.3, 0.4) is 0 Å². The number of amides is 1. The SMILES string of the molecule is N#CNC(=O)c1c(C#N)nc(C#N)c(C#N)c1C#N.[Na]. The van der Waals surface area contributed by atoms with Crippen LogP contribution in [0.5, 0.6) is 0 Å². The van der Waals surface area contributed by atoms with Crippen molar-refractivity contribution in [3.63, 3.8) is 0 Å². The number of hydrogen-bond acceptors (Lipinski definition) is 7. The molecule has 0 fully saturated rings. The molecule has 1 amide bonds. The third kappa shape index (κ3) is 2.90. The first-order chi connectivity index (χ1) is 9.14. The molecular weight excluding hydrogens is 269 g/mol. The predicted molar refractivity (Wildman–Crippen MR) is 61.9 cm³/mol. The van der Waals surface area contributed by atoms with Crippen LogP contribution in [0, 0.1) is 56.8 Å². The van der Waals surface area contributed by atoms with Gasteiger partial charge in [0.2, 0.25) is 0 Å². The van der Waals surface area contributed by atoms with Crippen LogP contribution in [0.25, 0.3) is 0 Å². The first kappa shape index (κ1) is 17.1. The summed E-state index contributed by atoms with van der Waals surface area (Å²) in [5.74, 6) is -1.04. The number of hydrogen-bond donors (Lipinski definition) is 1. The summed E-state index contributed by atoms with van der Waals surface area (Å²) in [6.07, 6.45) is 1.34. The molecule has 1 N–H and O–H groups in total. The number of nitriles is 5. The van der Waals surface area contributed by atoms with Crippen molar-refractivity contribution in [2.45, 2.75) is 0 Å². The molecule has 0 unspecified atom stereocenters. The Bertz CT molecular complexity index is 780. The van der Waals surface area contributed by atoms with Crippen molar-refractivity contribution in [2.75, 3.05) is 0 Å². The second-order valence-electron chi connectivity index (χ2n) is 2.95. The summed E-state index contributed by atoms with van der Waals surface area (Å²) in [5, 5.41) is 45.6. The zero-order chi connectivity index (χ0) is 14.4. The van der Waals surface area contributed by atoms with Gasteiger partial charge in [0.15, 0.2) is 17.6 Å². The normalized spacial score (nSPS) is 7.55. The van der Waals surface area contributed by atoms with Gasteiger partial charge in [0.1, 0.15) is 29.8 Å². The summed E-state index contributed by atoms with van der Waals surface area (Å²) in [7, 11) is 0. The minimum atomic E-state index is -1.04. The topological polar surface area (TPSA) is 161 Å². The fourth-order valence-corrected chi connectivity index (χ4v) is 1.30. The molecule has 87 valence electrons. The van der Waals surface area contributed by atoms with Crippen LogP contribution >= 0.6 is 0 Å². The van der Waals surface area contributed by atoms with Crippen molar-refractivity contribution in [3.05, 3.63) is 28.1 Å². The maximum Gasteiger partial charge on any atom is 0.268 e. The van der Waals surface area contributed by atoms with Crippen LogP contribution in [0.2, 0.25) is 0 Å². The molecule has 1 radical (unpaired) electrons. The summed E-state index contributed by atoms with van der Waals surface area (Å²) in [6.45, 7) is 0. The molecule has 1 aromatic heterocycles. The Hall–Kier alpha value is -2.93. The molecule has 0 saturated carbocycles. The van der Waals surface area contributed by atoms with Crippen molar-refractivity contribution < 1.29 is 4.79 Å². The molecule has 0 saturated heterocycles. The summed E-state index contributed by atoms with van der Waals surface area (Å²) in [6, 6.07) is 6.25. The average Bonchev–Trinajstić information content (AvgIpc) is 2.44. The molecule has 1 aromatic rings. The van der Waals surface area contributed by atoms with Gasteiger partial charge in [-0.2, -0.15) is 26.3 Å². The molecule has 0 aromatic carbocycles. The van der Waals surface area contributed by atoms with E-state index in [0.717, 1.165) is 0 Å². The van der Waals surface area contributed by atoms with Gasteiger partial charge in [0.25, 0.3) is 5.91 Å². The van der Waals surface area contributed by atoms with Gasteiger partial charge >= 0.3 is 0 Å². The monoisotopic (exact) mass is 270 g/mol. The van der Waals surface area contributed by atoms with E-state index in [9.17, 15) is 4.79 Å². The predicted octanol–water partition coefficient (Wildman–Crippen LogP) is -0.602. The summed E-state index contributed by atoms with van der Waals surface area (Å²) in [4.78, 5) is 15.1. The molecule has 0 aliphatic carbocycles. The zero-order valence-electron chi connectivity index (χ0n) is 10.1. The van der Waals surface area contributed by atoms with Crippen LogP contribution in [0.15, 0.2) is 0 Å². The van der Waals surface area contributed by atoms with Crippen molar-refractivity contribution in [1.82, 2.24) is 10.3 Å². The van der Waals surface area contributed by atoms with Crippen molar-refractivity contribution >= 4 is 35.5 Å². The summed E-state index contributed by atoms with van der Waals surface area (Å²) >= 11 is 0. The number of nitrogens with one attached hydrogen (secondary N) is 1. The van der Waals surface area contributed by atoms with E-state index < -0.39 is 34.0 Å². The molecule has 0 atom stereocenters. The molecule has 1 heterocycles. The van der Waals surface area contributed by atoms with Gasteiger partial charge in [-0.15, -0.1) is 0 Å². The first-order valence-corrected chi connectivity index (χ1v) is 4.52. The number of pyridine rings is 1. The van der Waals surface area contributed by atoms with E-state index >= 15 is 0 Å². The molecule has 1 rings (SSSR count). The maximum atomic E-state index is 11.6. The third-order valence-corrected chi connectivity index (χ3v) is 2.03. The summed E-state index contributed by atoms with van der Waals surface area (Å²) in [5.41, 5.74) is -2.29. The van der Waals surface area contributed by atoms with Crippen LogP contribution in [0.4, 0.5) is 0 Å². The molecule has 0 aliphatic rings. The first-order valence-electron chi connectivity index (χ1n) is 4.52. The number of rotatable bonds is 1. The van der Waals surface area contributed by atoms with E-state index in [1.165, 1.54) is 6.19 Å². The van der Waals surface area contributed by atoms with Gasteiger partial charge in [-0.05, 0) is 0 Å². The van der Waals surface area contributed by atoms with Gasteiger partial charge in [-0.1, -0.05) is 0 Å². The van der Waals surface area contributed by atoms with Gasteiger partial charge < -0.3 is 0 Å². The number of nitrogens with zero attached hydrogens (tertiary/aromatic N) is 6. The Kier molecular flexibility index (Phi) is 6.40. The number of carbonyl (C=O) groups is 1. The van der Waals surface area contributed by atoms with Gasteiger partial charge in [-0.3, -0.25) is 10.1 Å². The number of carbonyl (C=O) groups excluding carboxylic acids is 1. The fourth-order valence-electron chi connectivity index (χ4n) is 1.30. The quantitative estimate of drug-likeness (QED) is 0.404. The van der Waals surface area contributed by atoms with Gasteiger partial charge in [-0.25, -0.2) is 4.98 Å². The molecule has 0 aliphatic heterocycles. The second-order valence-corrected chi connectivity index (χ2v) is 2.95. The van der Waals surface area contributed by atoms with E-state index in [1.807, 2.05) is 0 Å². The van der Waals surface area contributed by atoms with Crippen LogP contribution in [0.1, 0.15) is 32.9 Å². The largest absolute Gasteiger partial charge is 0.268 e. The second kappa shape index (κ2) is 7.49. The van der Waals surface area contributed by atoms with Crippen LogP contribution in [-0.4, -0.2) is 40.4 Å². The molecule has 20 heavy (non-hydrogen) atoms. The van der Waals surface area contributed by atoms with Gasteiger partial charge in [0, 0.05) is 29.6 Å². The van der Waals surface area contributed by atoms with Crippen LogP contribution < -0.4 is 5.32 Å². The van der Waals surface area contributed by atoms with E-state index in [4.69, 9.17) is 26.3 Å². The Balaban J connectivity index is 0.00000361. The standard InChI is InChI=1S/C11HN7O.Na/c12-1-6-7(2-13)10(11(19)17-5-16)9(4-15)18-8(6)3-14;/h(H,17,19);. The number of aromatic nitrogens is 1. The zero-order valence-corrected chi connectivity index (χ0v) is 12.1. The molecular formula is C11HN7NaO. The van der Waals surface area contributed by atoms with Crippen LogP contribution in [-0.2, 0) is 0 Å². The van der Waals surface area contributed by atoms with Crippen molar-refractivity contribution in [3.8, 4) is 30.5 Å². The van der Waals surface area contributed by atoms with Crippen molar-refractivity contribution in [2.24, 2.45) is 0 Å². The van der Waals surface area contributed by atoms with Crippen molar-refractivity contribution in [1.29, 1.82) is 26.3 Å². The van der Waals surface area contributed by atoms with E-state index in [1.54, 1.807) is 29.6 Å². The van der Waals surface area contributed by atoms with Gasteiger partial charge in [0.05, 0.1) is 11.1 Å². The molecule has 8 nitrogen and oxygen atoms in total. The molecule has 0 bridgehead atoms.